The lowest BCUT2D eigenvalue weighted by molar-refractivity contribution is -0.167. The second-order valence-corrected chi connectivity index (χ2v) is 21.3. The zero-order valence-corrected chi connectivity index (χ0v) is 46.4. The fourth-order valence-corrected chi connectivity index (χ4v) is 9.68. The van der Waals surface area contributed by atoms with E-state index in [1.807, 2.05) is 0 Å². The maximum atomic E-state index is 12.8. The lowest BCUT2D eigenvalue weighted by Gasteiger charge is -2.18. The number of carbonyl (C=O) groups is 3. The minimum atomic E-state index is -0.761. The Bertz CT molecular complexity index is 1010. The van der Waals surface area contributed by atoms with Crippen LogP contribution in [-0.4, -0.2) is 37.2 Å². The van der Waals surface area contributed by atoms with Crippen molar-refractivity contribution in [3.8, 4) is 0 Å². The molecule has 0 rings (SSSR count). The second kappa shape index (κ2) is 58.0. The molecule has 0 aromatic carbocycles. The molecule has 68 heavy (non-hydrogen) atoms. The van der Waals surface area contributed by atoms with Crippen molar-refractivity contribution in [1.82, 2.24) is 0 Å². The highest BCUT2D eigenvalue weighted by molar-refractivity contribution is 5.71. The van der Waals surface area contributed by atoms with Crippen molar-refractivity contribution in [2.45, 2.75) is 367 Å². The number of carbonyl (C=O) groups excluding carboxylic acids is 3. The number of rotatable bonds is 58. The molecule has 0 saturated heterocycles. The van der Waals surface area contributed by atoms with E-state index in [4.69, 9.17) is 14.2 Å². The van der Waals surface area contributed by atoms with Crippen LogP contribution in [0, 0.1) is 0 Å². The molecule has 1 atom stereocenters. The number of ether oxygens (including phenoxy) is 3. The fourth-order valence-electron chi connectivity index (χ4n) is 9.68. The van der Waals surface area contributed by atoms with E-state index in [0.717, 1.165) is 57.8 Å². The monoisotopic (exact) mass is 961 g/mol. The van der Waals surface area contributed by atoms with Gasteiger partial charge in [-0.1, -0.05) is 323 Å². The molecule has 0 aliphatic rings. The van der Waals surface area contributed by atoms with Gasteiger partial charge in [0.2, 0.25) is 0 Å². The number of hydrogen-bond donors (Lipinski definition) is 0. The molecule has 404 valence electrons. The summed E-state index contributed by atoms with van der Waals surface area (Å²) < 4.78 is 16.9. The highest BCUT2D eigenvalue weighted by atomic mass is 16.6. The fraction of sp³-hybridized carbons (Fsp3) is 0.952. The van der Waals surface area contributed by atoms with Gasteiger partial charge >= 0.3 is 17.9 Å². The molecule has 0 radical (unpaired) electrons. The van der Waals surface area contributed by atoms with Gasteiger partial charge in [0.05, 0.1) is 0 Å². The van der Waals surface area contributed by atoms with Crippen LogP contribution in [0.15, 0.2) is 0 Å². The molecule has 6 heteroatoms. The van der Waals surface area contributed by atoms with Crippen molar-refractivity contribution in [2.24, 2.45) is 0 Å². The number of unbranched alkanes of at least 4 members (excludes halogenated alkanes) is 47. The molecule has 0 aromatic heterocycles. The molecule has 0 aromatic rings. The van der Waals surface area contributed by atoms with Gasteiger partial charge in [0.15, 0.2) is 6.10 Å². The van der Waals surface area contributed by atoms with E-state index in [1.54, 1.807) is 0 Å². The molecule has 0 aliphatic heterocycles. The molecule has 0 amide bonds. The van der Waals surface area contributed by atoms with Crippen LogP contribution in [0.5, 0.6) is 0 Å². The molecule has 0 aliphatic carbocycles. The average molecular weight is 962 g/mol. The molecule has 0 bridgehead atoms. The Kier molecular flexibility index (Phi) is 56.6. The summed E-state index contributed by atoms with van der Waals surface area (Å²) in [6.45, 7) is 6.69. The van der Waals surface area contributed by atoms with E-state index >= 15 is 0 Å². The topological polar surface area (TPSA) is 78.9 Å². The molecule has 0 heterocycles. The Hall–Kier alpha value is -1.59. The molecule has 6 nitrogen and oxygen atoms in total. The van der Waals surface area contributed by atoms with Crippen molar-refractivity contribution in [1.29, 1.82) is 0 Å². The van der Waals surface area contributed by atoms with Gasteiger partial charge in [-0.05, 0) is 19.3 Å². The predicted molar refractivity (Wildman–Crippen MR) is 294 cm³/mol. The summed E-state index contributed by atoms with van der Waals surface area (Å²) in [5, 5.41) is 0. The van der Waals surface area contributed by atoms with Crippen molar-refractivity contribution < 1.29 is 28.6 Å². The minimum absolute atomic E-state index is 0.0613. The number of esters is 3. The first kappa shape index (κ1) is 66.4. The first-order valence-electron chi connectivity index (χ1n) is 31.0. The average Bonchev–Trinajstić information content (AvgIpc) is 3.34. The maximum absolute atomic E-state index is 12.8. The summed E-state index contributed by atoms with van der Waals surface area (Å²) in [5.41, 5.74) is 0. The van der Waals surface area contributed by atoms with Crippen LogP contribution in [0.3, 0.4) is 0 Å². The summed E-state index contributed by atoms with van der Waals surface area (Å²) in [6, 6.07) is 0. The van der Waals surface area contributed by atoms with Crippen molar-refractivity contribution in [3.05, 3.63) is 0 Å². The maximum Gasteiger partial charge on any atom is 0.306 e. The van der Waals surface area contributed by atoms with Gasteiger partial charge in [-0.15, -0.1) is 0 Å². The third-order valence-corrected chi connectivity index (χ3v) is 14.4. The van der Waals surface area contributed by atoms with Gasteiger partial charge < -0.3 is 14.2 Å². The largest absolute Gasteiger partial charge is 0.462 e. The zero-order chi connectivity index (χ0) is 49.3. The molecule has 1 unspecified atom stereocenters. The van der Waals surface area contributed by atoms with Crippen LogP contribution in [0.2, 0.25) is 0 Å². The van der Waals surface area contributed by atoms with Gasteiger partial charge in [-0.25, -0.2) is 0 Å². The van der Waals surface area contributed by atoms with Crippen LogP contribution in [0.1, 0.15) is 361 Å². The Morgan fingerprint density at radius 3 is 0.588 bits per heavy atom. The smallest absolute Gasteiger partial charge is 0.306 e. The van der Waals surface area contributed by atoms with Crippen molar-refractivity contribution in [2.75, 3.05) is 13.2 Å². The summed E-state index contributed by atoms with van der Waals surface area (Å²) in [7, 11) is 0. The van der Waals surface area contributed by atoms with E-state index in [9.17, 15) is 14.4 Å². The van der Waals surface area contributed by atoms with Crippen LogP contribution in [0.4, 0.5) is 0 Å². The van der Waals surface area contributed by atoms with Crippen LogP contribution in [0.25, 0.3) is 0 Å². The Morgan fingerprint density at radius 1 is 0.235 bits per heavy atom. The summed E-state index contributed by atoms with van der Waals surface area (Å²) in [6.07, 6.45) is 65.5. The van der Waals surface area contributed by atoms with E-state index in [-0.39, 0.29) is 31.1 Å². The van der Waals surface area contributed by atoms with Gasteiger partial charge in [-0.2, -0.15) is 0 Å². The van der Waals surface area contributed by atoms with Gasteiger partial charge in [0, 0.05) is 19.3 Å². The minimum Gasteiger partial charge on any atom is -0.462 e. The molecule has 0 fully saturated rings. The van der Waals surface area contributed by atoms with E-state index in [2.05, 4.69) is 20.8 Å². The second-order valence-electron chi connectivity index (χ2n) is 21.3. The third kappa shape index (κ3) is 55.3. The molecule has 0 saturated carbocycles. The lowest BCUT2D eigenvalue weighted by atomic mass is 10.0. The quantitative estimate of drug-likeness (QED) is 0.0343. The normalized spacial score (nSPS) is 11.9. The molecular weight excluding hydrogens is 841 g/mol. The standard InChI is InChI=1S/C62H120O6/c1-4-7-10-13-16-19-21-23-25-27-29-31-32-34-35-37-39-41-43-46-49-52-55-61(64)67-58-59(57-66-60(63)54-51-48-45-18-15-12-9-6-3)68-62(65)56-53-50-47-44-42-40-38-36-33-30-28-26-24-22-20-17-14-11-8-5-2/h59H,4-58H2,1-3H3. The van der Waals surface area contributed by atoms with E-state index in [0.29, 0.717) is 19.3 Å². The zero-order valence-electron chi connectivity index (χ0n) is 46.4. The Balaban J connectivity index is 4.11. The highest BCUT2D eigenvalue weighted by Gasteiger charge is 2.19. The van der Waals surface area contributed by atoms with Crippen LogP contribution in [-0.2, 0) is 28.6 Å². The summed E-state index contributed by atoms with van der Waals surface area (Å²) in [5.74, 6) is -0.835. The first-order chi connectivity index (χ1) is 33.5. The van der Waals surface area contributed by atoms with Crippen LogP contribution < -0.4 is 0 Å². The highest BCUT2D eigenvalue weighted by Crippen LogP contribution is 2.18. The van der Waals surface area contributed by atoms with Crippen molar-refractivity contribution >= 4 is 17.9 Å². The number of hydrogen-bond acceptors (Lipinski definition) is 6. The summed E-state index contributed by atoms with van der Waals surface area (Å²) in [4.78, 5) is 38.1. The van der Waals surface area contributed by atoms with Gasteiger partial charge in [-0.3, -0.25) is 14.4 Å². The van der Waals surface area contributed by atoms with E-state index < -0.39 is 6.10 Å². The van der Waals surface area contributed by atoms with Gasteiger partial charge in [0.1, 0.15) is 13.2 Å². The Labute approximate surface area is 425 Å². The van der Waals surface area contributed by atoms with E-state index in [1.165, 1.54) is 263 Å². The Morgan fingerprint density at radius 2 is 0.397 bits per heavy atom. The SMILES string of the molecule is CCCCCCCCCCCCCCCCCCCCCCCCC(=O)OCC(COC(=O)CCCCCCCCCC)OC(=O)CCCCCCCCCCCCCCCCCCCCCC. The lowest BCUT2D eigenvalue weighted by Crippen LogP contribution is -2.30. The van der Waals surface area contributed by atoms with Crippen molar-refractivity contribution in [3.63, 3.8) is 0 Å². The van der Waals surface area contributed by atoms with Crippen LogP contribution >= 0.6 is 0 Å². The van der Waals surface area contributed by atoms with Gasteiger partial charge in [0.25, 0.3) is 0 Å². The summed E-state index contributed by atoms with van der Waals surface area (Å²) >= 11 is 0. The first-order valence-corrected chi connectivity index (χ1v) is 31.0. The predicted octanol–water partition coefficient (Wildman–Crippen LogP) is 20.7. The molecule has 0 spiro atoms. The molecule has 0 N–H and O–H groups in total. The molecular formula is C62H120O6. The third-order valence-electron chi connectivity index (χ3n) is 14.4.